The lowest BCUT2D eigenvalue weighted by Gasteiger charge is -2.29. The Morgan fingerprint density at radius 3 is 2.68 bits per heavy atom. The summed E-state index contributed by atoms with van der Waals surface area (Å²) in [7, 11) is 0. The van der Waals surface area contributed by atoms with Gasteiger partial charge in [-0.3, -0.25) is 4.79 Å². The van der Waals surface area contributed by atoms with Gasteiger partial charge in [0.05, 0.1) is 5.41 Å². The van der Waals surface area contributed by atoms with Crippen LogP contribution in [-0.2, 0) is 4.79 Å². The summed E-state index contributed by atoms with van der Waals surface area (Å²) in [6.45, 7) is 6.45. The van der Waals surface area contributed by atoms with Crippen molar-refractivity contribution in [2.75, 3.05) is 19.6 Å². The topological polar surface area (TPSA) is 40.5 Å². The molecule has 2 atom stereocenters. The van der Waals surface area contributed by atoms with E-state index in [0.717, 1.165) is 19.5 Å². The second kappa shape index (κ2) is 5.74. The fraction of sp³-hybridized carbons (Fsp3) is 0.562. The maximum atomic E-state index is 11.4. The molecule has 3 heteroatoms. The highest BCUT2D eigenvalue weighted by Gasteiger charge is 2.35. The molecule has 0 aliphatic carbocycles. The largest absolute Gasteiger partial charge is 0.481 e. The number of carboxylic acids is 1. The van der Waals surface area contributed by atoms with Crippen LogP contribution in [0.5, 0.6) is 0 Å². The highest BCUT2D eigenvalue weighted by atomic mass is 16.4. The summed E-state index contributed by atoms with van der Waals surface area (Å²) in [5, 5.41) is 9.35. The Morgan fingerprint density at radius 1 is 1.42 bits per heavy atom. The van der Waals surface area contributed by atoms with Crippen LogP contribution >= 0.6 is 0 Å². The summed E-state index contributed by atoms with van der Waals surface area (Å²) in [5.41, 5.74) is 0.754. The smallest absolute Gasteiger partial charge is 0.310 e. The molecule has 1 aliphatic rings. The van der Waals surface area contributed by atoms with Crippen LogP contribution < -0.4 is 0 Å². The summed E-state index contributed by atoms with van der Waals surface area (Å²) < 4.78 is 0. The van der Waals surface area contributed by atoms with Crippen LogP contribution in [0.2, 0.25) is 0 Å². The van der Waals surface area contributed by atoms with Gasteiger partial charge in [0, 0.05) is 13.1 Å². The molecule has 104 valence electrons. The third kappa shape index (κ3) is 3.16. The number of rotatable bonds is 5. The molecule has 1 aromatic rings. The minimum absolute atomic E-state index is 0.552. The maximum Gasteiger partial charge on any atom is 0.310 e. The van der Waals surface area contributed by atoms with Gasteiger partial charge in [0.15, 0.2) is 0 Å². The predicted octanol–water partition coefficient (Wildman–Crippen LogP) is 2.98. The fourth-order valence-electron chi connectivity index (χ4n) is 2.80. The summed E-state index contributed by atoms with van der Waals surface area (Å²) >= 11 is 0. The molecule has 0 aromatic heterocycles. The third-order valence-electron chi connectivity index (χ3n) is 4.41. The number of likely N-dealkylation sites (tertiary alicyclic amines) is 1. The molecule has 2 rings (SSSR count). The van der Waals surface area contributed by atoms with Gasteiger partial charge >= 0.3 is 5.97 Å². The van der Waals surface area contributed by atoms with Crippen molar-refractivity contribution in [1.82, 2.24) is 4.90 Å². The molecule has 0 radical (unpaired) electrons. The quantitative estimate of drug-likeness (QED) is 0.886. The highest BCUT2D eigenvalue weighted by molar-refractivity contribution is 5.74. The third-order valence-corrected chi connectivity index (χ3v) is 4.41. The molecule has 1 aliphatic heterocycles. The van der Waals surface area contributed by atoms with Gasteiger partial charge in [-0.15, -0.1) is 0 Å². The van der Waals surface area contributed by atoms with Gasteiger partial charge < -0.3 is 10.0 Å². The number of hydrogen-bond acceptors (Lipinski definition) is 2. The number of aliphatic carboxylic acids is 1. The lowest BCUT2D eigenvalue weighted by Crippen LogP contribution is -2.39. The van der Waals surface area contributed by atoms with Crippen molar-refractivity contribution in [1.29, 1.82) is 0 Å². The van der Waals surface area contributed by atoms with Gasteiger partial charge in [0.1, 0.15) is 0 Å². The summed E-state index contributed by atoms with van der Waals surface area (Å²) in [6.07, 6.45) is 1.80. The second-order valence-electron chi connectivity index (χ2n) is 5.85. The standard InChI is InChI=1S/C16H23NO2/c1-3-16(2,15(18)19)12-17-10-9-14(11-17)13-7-5-4-6-8-13/h4-8,14H,3,9-12H2,1-2H3,(H,18,19). The first-order chi connectivity index (χ1) is 9.05. The highest BCUT2D eigenvalue weighted by Crippen LogP contribution is 2.31. The molecule has 1 fully saturated rings. The summed E-state index contributed by atoms with van der Waals surface area (Å²) in [6, 6.07) is 10.5. The van der Waals surface area contributed by atoms with E-state index in [-0.39, 0.29) is 0 Å². The van der Waals surface area contributed by atoms with Gasteiger partial charge in [0.25, 0.3) is 0 Å². The molecular formula is C16H23NO2. The Labute approximate surface area is 115 Å². The SMILES string of the molecule is CCC(C)(CN1CCC(c2ccccc2)C1)C(=O)O. The fourth-order valence-corrected chi connectivity index (χ4v) is 2.80. The Bertz CT molecular complexity index is 432. The van der Waals surface area contributed by atoms with Crippen LogP contribution in [0, 0.1) is 5.41 Å². The van der Waals surface area contributed by atoms with E-state index in [1.165, 1.54) is 5.56 Å². The zero-order chi connectivity index (χ0) is 13.9. The van der Waals surface area contributed by atoms with E-state index in [4.69, 9.17) is 0 Å². The Morgan fingerprint density at radius 2 is 2.11 bits per heavy atom. The van der Waals surface area contributed by atoms with E-state index >= 15 is 0 Å². The predicted molar refractivity (Wildman–Crippen MR) is 76.3 cm³/mol. The molecule has 1 saturated heterocycles. The number of carboxylic acid groups (broad SMARTS) is 1. The molecule has 1 N–H and O–H groups in total. The van der Waals surface area contributed by atoms with E-state index in [1.807, 2.05) is 19.9 Å². The Kier molecular flexibility index (Phi) is 4.25. The molecule has 0 bridgehead atoms. The van der Waals surface area contributed by atoms with Crippen LogP contribution in [0.3, 0.4) is 0 Å². The van der Waals surface area contributed by atoms with Crippen LogP contribution in [-0.4, -0.2) is 35.6 Å². The van der Waals surface area contributed by atoms with E-state index < -0.39 is 11.4 Å². The number of carbonyl (C=O) groups is 1. The van der Waals surface area contributed by atoms with Crippen LogP contribution in [0.1, 0.15) is 38.2 Å². The van der Waals surface area contributed by atoms with Crippen LogP contribution in [0.25, 0.3) is 0 Å². The molecule has 0 spiro atoms. The molecule has 2 unspecified atom stereocenters. The Hall–Kier alpha value is -1.35. The summed E-state index contributed by atoms with van der Waals surface area (Å²) in [4.78, 5) is 13.7. The number of nitrogens with zero attached hydrogens (tertiary/aromatic N) is 1. The molecule has 1 heterocycles. The second-order valence-corrected chi connectivity index (χ2v) is 5.85. The van der Waals surface area contributed by atoms with Gasteiger partial charge in [0.2, 0.25) is 0 Å². The molecule has 3 nitrogen and oxygen atoms in total. The van der Waals surface area contributed by atoms with Crippen molar-refractivity contribution in [3.8, 4) is 0 Å². The van der Waals surface area contributed by atoms with Gasteiger partial charge in [-0.2, -0.15) is 0 Å². The maximum absolute atomic E-state index is 11.4. The molecular weight excluding hydrogens is 238 g/mol. The van der Waals surface area contributed by atoms with Crippen molar-refractivity contribution in [3.05, 3.63) is 35.9 Å². The average Bonchev–Trinajstić information content (AvgIpc) is 2.87. The lowest BCUT2D eigenvalue weighted by atomic mass is 9.87. The normalized spacial score (nSPS) is 23.2. The minimum atomic E-state index is -0.682. The molecule has 1 aromatic carbocycles. The van der Waals surface area contributed by atoms with Crippen molar-refractivity contribution in [2.24, 2.45) is 5.41 Å². The number of benzene rings is 1. The average molecular weight is 261 g/mol. The van der Waals surface area contributed by atoms with E-state index in [1.54, 1.807) is 0 Å². The van der Waals surface area contributed by atoms with Crippen LogP contribution in [0.4, 0.5) is 0 Å². The lowest BCUT2D eigenvalue weighted by molar-refractivity contribution is -0.149. The zero-order valence-corrected chi connectivity index (χ0v) is 11.8. The molecule has 19 heavy (non-hydrogen) atoms. The van der Waals surface area contributed by atoms with Crippen molar-refractivity contribution >= 4 is 5.97 Å². The van der Waals surface area contributed by atoms with E-state index in [2.05, 4.69) is 29.2 Å². The zero-order valence-electron chi connectivity index (χ0n) is 11.8. The summed E-state index contributed by atoms with van der Waals surface area (Å²) in [5.74, 6) is -0.130. The van der Waals surface area contributed by atoms with Crippen molar-refractivity contribution < 1.29 is 9.90 Å². The van der Waals surface area contributed by atoms with Crippen molar-refractivity contribution in [2.45, 2.75) is 32.6 Å². The first kappa shape index (κ1) is 14.1. The molecule has 0 amide bonds. The van der Waals surface area contributed by atoms with Gasteiger partial charge in [-0.25, -0.2) is 0 Å². The monoisotopic (exact) mass is 261 g/mol. The first-order valence-electron chi connectivity index (χ1n) is 7.06. The Balaban J connectivity index is 1.97. The van der Waals surface area contributed by atoms with E-state index in [0.29, 0.717) is 18.9 Å². The van der Waals surface area contributed by atoms with Gasteiger partial charge in [-0.05, 0) is 37.8 Å². The minimum Gasteiger partial charge on any atom is -0.481 e. The van der Waals surface area contributed by atoms with E-state index in [9.17, 15) is 9.90 Å². The first-order valence-corrected chi connectivity index (χ1v) is 7.06. The number of hydrogen-bond donors (Lipinski definition) is 1. The van der Waals surface area contributed by atoms with Gasteiger partial charge in [-0.1, -0.05) is 37.3 Å². The molecule has 0 saturated carbocycles. The van der Waals surface area contributed by atoms with Crippen LogP contribution in [0.15, 0.2) is 30.3 Å². The van der Waals surface area contributed by atoms with Crippen molar-refractivity contribution in [3.63, 3.8) is 0 Å².